The van der Waals surface area contributed by atoms with E-state index in [0.717, 1.165) is 12.1 Å². The lowest BCUT2D eigenvalue weighted by Gasteiger charge is -2.28. The summed E-state index contributed by atoms with van der Waals surface area (Å²) in [7, 11) is 1.57. The van der Waals surface area contributed by atoms with E-state index in [-0.39, 0.29) is 29.7 Å². The number of hydrogen-bond acceptors (Lipinski definition) is 2. The minimum absolute atomic E-state index is 0.0504. The van der Waals surface area contributed by atoms with Crippen molar-refractivity contribution in [2.75, 3.05) is 7.11 Å². The number of benzene rings is 2. The first-order chi connectivity index (χ1) is 13.6. The van der Waals surface area contributed by atoms with Gasteiger partial charge in [-0.2, -0.15) is 8.78 Å². The molecule has 0 bridgehead atoms. The summed E-state index contributed by atoms with van der Waals surface area (Å²) in [5, 5.41) is 0. The summed E-state index contributed by atoms with van der Waals surface area (Å²) in [4.78, 5) is 0. The van der Waals surface area contributed by atoms with Gasteiger partial charge in [0.15, 0.2) is 17.5 Å². The molecule has 3 rings (SSSR count). The lowest BCUT2D eigenvalue weighted by Crippen LogP contribution is -2.26. The van der Waals surface area contributed by atoms with E-state index >= 15 is 0 Å². The van der Waals surface area contributed by atoms with Gasteiger partial charge in [-0.3, -0.25) is 0 Å². The summed E-state index contributed by atoms with van der Waals surface area (Å²) in [5.74, 6) is -9.88. The zero-order valence-corrected chi connectivity index (χ0v) is 15.3. The molecule has 0 heterocycles. The van der Waals surface area contributed by atoms with Gasteiger partial charge in [-0.05, 0) is 49.3 Å². The van der Waals surface area contributed by atoms with Crippen LogP contribution in [0.3, 0.4) is 0 Å². The van der Waals surface area contributed by atoms with Crippen molar-refractivity contribution in [1.29, 1.82) is 0 Å². The van der Waals surface area contributed by atoms with Crippen LogP contribution in [-0.2, 0) is 10.8 Å². The van der Waals surface area contributed by atoms with E-state index in [9.17, 15) is 30.7 Å². The molecule has 158 valence electrons. The van der Waals surface area contributed by atoms with Crippen molar-refractivity contribution in [3.8, 4) is 5.75 Å². The minimum atomic E-state index is -4.59. The molecule has 9 heteroatoms. The molecule has 0 spiro atoms. The highest BCUT2D eigenvalue weighted by atomic mass is 19.3. The van der Waals surface area contributed by atoms with Crippen LogP contribution in [-0.4, -0.2) is 13.2 Å². The molecule has 2 nitrogen and oxygen atoms in total. The second kappa shape index (κ2) is 8.22. The molecule has 0 aliphatic heterocycles. The molecular weight excluding hydrogens is 405 g/mol. The molecule has 0 atom stereocenters. The molecular formula is C20H17F7O2. The van der Waals surface area contributed by atoms with Gasteiger partial charge < -0.3 is 9.47 Å². The Morgan fingerprint density at radius 3 is 1.79 bits per heavy atom. The van der Waals surface area contributed by atoms with Crippen molar-refractivity contribution < 1.29 is 40.2 Å². The molecule has 0 amide bonds. The summed E-state index contributed by atoms with van der Waals surface area (Å²) in [6.07, 6.45) is -2.03. The van der Waals surface area contributed by atoms with Gasteiger partial charge in [-0.25, -0.2) is 22.0 Å². The van der Waals surface area contributed by atoms with Crippen molar-refractivity contribution in [2.24, 2.45) is 0 Å². The zero-order valence-electron chi connectivity index (χ0n) is 15.3. The maximum Gasteiger partial charge on any atom is 0.432 e. The fraction of sp³-hybridized carbons (Fsp3) is 0.400. The maximum absolute atomic E-state index is 14.4. The Bertz CT molecular complexity index is 846. The smallest absolute Gasteiger partial charge is 0.429 e. The molecule has 0 N–H and O–H groups in total. The maximum atomic E-state index is 14.4. The molecule has 1 saturated carbocycles. The molecule has 1 aliphatic carbocycles. The normalized spacial score (nSPS) is 20.0. The molecule has 0 aromatic heterocycles. The average molecular weight is 422 g/mol. The van der Waals surface area contributed by atoms with E-state index < -0.39 is 46.5 Å². The highest BCUT2D eigenvalue weighted by Crippen LogP contribution is 2.39. The lowest BCUT2D eigenvalue weighted by molar-refractivity contribution is -0.189. The third-order valence-electron chi connectivity index (χ3n) is 5.04. The third kappa shape index (κ3) is 4.49. The molecule has 0 saturated heterocycles. The summed E-state index contributed by atoms with van der Waals surface area (Å²) in [5.41, 5.74) is -1.47. The SMILES string of the molecule is COC1CCC(c2cc(F)c(C(F)(F)Oc3cc(F)c(F)c(F)c3)c(F)c2)CC1. The fourth-order valence-electron chi connectivity index (χ4n) is 3.53. The van der Waals surface area contributed by atoms with Crippen LogP contribution >= 0.6 is 0 Å². The topological polar surface area (TPSA) is 18.5 Å². The van der Waals surface area contributed by atoms with Crippen molar-refractivity contribution in [3.63, 3.8) is 0 Å². The van der Waals surface area contributed by atoms with Crippen LogP contribution in [0.4, 0.5) is 30.7 Å². The average Bonchev–Trinajstić information content (AvgIpc) is 2.65. The zero-order chi connectivity index (χ0) is 21.3. The lowest BCUT2D eigenvalue weighted by atomic mass is 9.82. The molecule has 29 heavy (non-hydrogen) atoms. The van der Waals surface area contributed by atoms with Gasteiger partial charge in [0.25, 0.3) is 0 Å². The van der Waals surface area contributed by atoms with Gasteiger partial charge in [-0.1, -0.05) is 0 Å². The van der Waals surface area contributed by atoms with Crippen LogP contribution in [0.25, 0.3) is 0 Å². The summed E-state index contributed by atoms with van der Waals surface area (Å²) >= 11 is 0. The van der Waals surface area contributed by atoms with Crippen LogP contribution in [0.1, 0.15) is 42.7 Å². The minimum Gasteiger partial charge on any atom is -0.429 e. The molecule has 0 unspecified atom stereocenters. The van der Waals surface area contributed by atoms with E-state index in [0.29, 0.717) is 25.7 Å². The van der Waals surface area contributed by atoms with E-state index in [1.807, 2.05) is 0 Å². The van der Waals surface area contributed by atoms with Crippen LogP contribution in [0.15, 0.2) is 24.3 Å². The van der Waals surface area contributed by atoms with Crippen molar-refractivity contribution in [3.05, 3.63) is 64.5 Å². The van der Waals surface area contributed by atoms with E-state index in [1.54, 1.807) is 7.11 Å². The standard InChI is InChI=1S/C20H17F7O2/c1-28-12-4-2-10(3-5-12)11-6-14(21)18(15(22)7-11)20(26,27)29-13-8-16(23)19(25)17(24)9-13/h6-10,12H,2-5H2,1H3. The first kappa shape index (κ1) is 21.4. The monoisotopic (exact) mass is 422 g/mol. The molecule has 1 fully saturated rings. The second-order valence-electron chi connectivity index (χ2n) is 6.89. The highest BCUT2D eigenvalue weighted by molar-refractivity contribution is 5.33. The number of halogens is 7. The number of methoxy groups -OCH3 is 1. The van der Waals surface area contributed by atoms with Gasteiger partial charge in [0.2, 0.25) is 0 Å². The van der Waals surface area contributed by atoms with E-state index in [4.69, 9.17) is 4.74 Å². The van der Waals surface area contributed by atoms with Crippen LogP contribution in [0, 0.1) is 29.1 Å². The number of ether oxygens (including phenoxy) is 2. The van der Waals surface area contributed by atoms with E-state index in [1.165, 1.54) is 0 Å². The van der Waals surface area contributed by atoms with Crippen LogP contribution < -0.4 is 4.74 Å². The van der Waals surface area contributed by atoms with Gasteiger partial charge in [-0.15, -0.1) is 0 Å². The fourth-order valence-corrected chi connectivity index (χ4v) is 3.53. The Hall–Kier alpha value is -2.29. The number of rotatable bonds is 5. The van der Waals surface area contributed by atoms with Gasteiger partial charge in [0.05, 0.1) is 6.10 Å². The molecule has 2 aromatic rings. The molecule has 2 aromatic carbocycles. The van der Waals surface area contributed by atoms with Gasteiger partial charge in [0, 0.05) is 19.2 Å². The van der Waals surface area contributed by atoms with Gasteiger partial charge in [0.1, 0.15) is 22.9 Å². The first-order valence-electron chi connectivity index (χ1n) is 8.86. The summed E-state index contributed by atoms with van der Waals surface area (Å²) in [6, 6.07) is 1.92. The van der Waals surface area contributed by atoms with Crippen LogP contribution in [0.2, 0.25) is 0 Å². The van der Waals surface area contributed by atoms with Gasteiger partial charge >= 0.3 is 6.11 Å². The Balaban J connectivity index is 1.86. The largest absolute Gasteiger partial charge is 0.432 e. The highest BCUT2D eigenvalue weighted by Gasteiger charge is 2.42. The summed E-state index contributed by atoms with van der Waals surface area (Å²) < 4.78 is 106. The molecule has 1 aliphatic rings. The first-order valence-corrected chi connectivity index (χ1v) is 8.86. The molecule has 0 radical (unpaired) electrons. The quantitative estimate of drug-likeness (QED) is 0.423. The predicted octanol–water partition coefficient (Wildman–Crippen LogP) is 6.18. The Morgan fingerprint density at radius 1 is 0.793 bits per heavy atom. The Morgan fingerprint density at radius 2 is 1.31 bits per heavy atom. The van der Waals surface area contributed by atoms with E-state index in [2.05, 4.69) is 4.74 Å². The number of alkyl halides is 2. The second-order valence-corrected chi connectivity index (χ2v) is 6.89. The predicted molar refractivity (Wildman–Crippen MR) is 89.2 cm³/mol. The Labute approximate surface area is 162 Å². The Kier molecular flexibility index (Phi) is 6.07. The number of hydrogen-bond donors (Lipinski definition) is 0. The summed E-state index contributed by atoms with van der Waals surface area (Å²) in [6.45, 7) is 0. The third-order valence-corrected chi connectivity index (χ3v) is 5.04. The van der Waals surface area contributed by atoms with Crippen molar-refractivity contribution in [1.82, 2.24) is 0 Å². The van der Waals surface area contributed by atoms with Crippen molar-refractivity contribution >= 4 is 0 Å². The van der Waals surface area contributed by atoms with Crippen molar-refractivity contribution in [2.45, 2.75) is 43.8 Å². The van der Waals surface area contributed by atoms with Crippen LogP contribution in [0.5, 0.6) is 5.75 Å².